The van der Waals surface area contributed by atoms with E-state index >= 15 is 0 Å². The number of carboxylic acids is 1. The zero-order valence-corrected chi connectivity index (χ0v) is 16.5. The Morgan fingerprint density at radius 3 is 2.24 bits per heavy atom. The van der Waals surface area contributed by atoms with E-state index in [0.29, 0.717) is 11.0 Å². The lowest BCUT2D eigenvalue weighted by molar-refractivity contribution is -0.871. The van der Waals surface area contributed by atoms with Crippen LogP contribution >= 0.6 is 0 Å². The second-order valence-electron chi connectivity index (χ2n) is 7.49. The first-order valence-electron chi connectivity index (χ1n) is 8.67. The smallest absolute Gasteiger partial charge is 0.305 e. The molecule has 1 aromatic rings. The van der Waals surface area contributed by atoms with Crippen LogP contribution in [-0.4, -0.2) is 57.7 Å². The summed E-state index contributed by atoms with van der Waals surface area (Å²) in [7, 11) is 1.95. The Bertz CT molecular complexity index is 649. The van der Waals surface area contributed by atoms with Crippen molar-refractivity contribution in [3.8, 4) is 0 Å². The lowest BCUT2D eigenvalue weighted by Gasteiger charge is -2.29. The molecule has 0 aromatic heterocycles. The van der Waals surface area contributed by atoms with Crippen molar-refractivity contribution in [1.82, 2.24) is 4.72 Å². The predicted octanol–water partition coefficient (Wildman–Crippen LogP) is 2.25. The van der Waals surface area contributed by atoms with E-state index < -0.39 is 22.0 Å². The summed E-state index contributed by atoms with van der Waals surface area (Å²) in [4.78, 5) is 11.2. The van der Waals surface area contributed by atoms with Gasteiger partial charge in [-0.3, -0.25) is 4.79 Å². The van der Waals surface area contributed by atoms with Crippen LogP contribution in [0.4, 0.5) is 0 Å². The molecule has 25 heavy (non-hydrogen) atoms. The average molecular weight is 372 g/mol. The molecule has 1 aromatic carbocycles. The zero-order chi connectivity index (χ0) is 19.1. The number of benzene rings is 1. The molecule has 142 valence electrons. The van der Waals surface area contributed by atoms with E-state index in [1.54, 1.807) is 12.1 Å². The highest BCUT2D eigenvalue weighted by Gasteiger charge is 2.26. The summed E-state index contributed by atoms with van der Waals surface area (Å²) in [6.45, 7) is 2.53. The normalized spacial score (nSPS) is 13.6. The zero-order valence-electron chi connectivity index (χ0n) is 15.7. The van der Waals surface area contributed by atoms with Crippen LogP contribution in [0.2, 0.25) is 0 Å². The molecule has 1 unspecified atom stereocenters. The molecule has 0 saturated heterocycles. The number of sulfonamides is 1. The number of rotatable bonds is 11. The van der Waals surface area contributed by atoms with Crippen molar-refractivity contribution in [2.75, 3.05) is 27.7 Å². The van der Waals surface area contributed by atoms with Gasteiger partial charge in [-0.25, -0.2) is 13.1 Å². The number of hydrogen-bond acceptors (Lipinski definition) is 3. The summed E-state index contributed by atoms with van der Waals surface area (Å²) in [5.74, 6) is -1.02. The molecular formula is C18H31N2O4S+. The van der Waals surface area contributed by atoms with Gasteiger partial charge in [0.1, 0.15) is 0 Å². The summed E-state index contributed by atoms with van der Waals surface area (Å²) in [6.07, 6.45) is 4.08. The van der Waals surface area contributed by atoms with Crippen molar-refractivity contribution in [1.29, 1.82) is 0 Å². The Morgan fingerprint density at radius 2 is 1.76 bits per heavy atom. The van der Waals surface area contributed by atoms with E-state index in [1.807, 2.05) is 33.3 Å². The number of nitrogens with one attached hydrogen (secondary N) is 1. The van der Waals surface area contributed by atoms with Gasteiger partial charge in [-0.1, -0.05) is 31.9 Å². The van der Waals surface area contributed by atoms with Gasteiger partial charge in [0.2, 0.25) is 10.0 Å². The van der Waals surface area contributed by atoms with Gasteiger partial charge in [0, 0.05) is 0 Å². The SMILES string of the molecule is CCCCCc1ccc(S(=O)(=O)NC(CC(=O)O)C[N+](C)(C)C)cc1. The first kappa shape index (κ1) is 21.6. The van der Waals surface area contributed by atoms with Gasteiger partial charge in [-0.05, 0) is 30.5 Å². The molecular weight excluding hydrogens is 340 g/mol. The van der Waals surface area contributed by atoms with Gasteiger partial charge in [0.25, 0.3) is 0 Å². The number of carboxylic acid groups (broad SMARTS) is 1. The van der Waals surface area contributed by atoms with E-state index in [-0.39, 0.29) is 11.3 Å². The summed E-state index contributed by atoms with van der Waals surface area (Å²) >= 11 is 0. The van der Waals surface area contributed by atoms with Gasteiger partial charge in [0.05, 0.1) is 45.0 Å². The monoisotopic (exact) mass is 371 g/mol. The molecule has 0 fully saturated rings. The van der Waals surface area contributed by atoms with Gasteiger partial charge >= 0.3 is 5.97 Å². The van der Waals surface area contributed by atoms with Crippen molar-refractivity contribution < 1.29 is 22.8 Å². The Hall–Kier alpha value is -1.44. The minimum absolute atomic E-state index is 0.170. The Kier molecular flexibility index (Phi) is 8.05. The van der Waals surface area contributed by atoms with E-state index in [1.165, 1.54) is 0 Å². The molecule has 0 amide bonds. The van der Waals surface area contributed by atoms with Crippen molar-refractivity contribution in [3.05, 3.63) is 29.8 Å². The number of likely N-dealkylation sites (N-methyl/N-ethyl adjacent to an activating group) is 1. The minimum Gasteiger partial charge on any atom is -0.481 e. The fourth-order valence-electron chi connectivity index (χ4n) is 2.72. The molecule has 1 rings (SSSR count). The lowest BCUT2D eigenvalue weighted by Crippen LogP contribution is -2.49. The maximum Gasteiger partial charge on any atom is 0.305 e. The quantitative estimate of drug-likeness (QED) is 0.462. The molecule has 0 heterocycles. The van der Waals surface area contributed by atoms with Crippen LogP contribution < -0.4 is 4.72 Å². The number of nitrogens with zero attached hydrogens (tertiary/aromatic N) is 1. The maximum atomic E-state index is 12.6. The third kappa shape index (κ3) is 8.47. The second kappa shape index (κ2) is 9.31. The number of carbonyl (C=O) groups is 1. The van der Waals surface area contributed by atoms with Crippen LogP contribution in [-0.2, 0) is 21.2 Å². The fraction of sp³-hybridized carbons (Fsp3) is 0.611. The summed E-state index contributed by atoms with van der Waals surface area (Å²) in [5, 5.41) is 9.05. The third-order valence-corrected chi connectivity index (χ3v) is 5.35. The highest BCUT2D eigenvalue weighted by Crippen LogP contribution is 2.14. The van der Waals surface area contributed by atoms with E-state index in [2.05, 4.69) is 11.6 Å². The van der Waals surface area contributed by atoms with Crippen LogP contribution in [0.5, 0.6) is 0 Å². The first-order chi connectivity index (χ1) is 11.5. The molecule has 1 atom stereocenters. The average Bonchev–Trinajstić information content (AvgIpc) is 2.45. The van der Waals surface area contributed by atoms with Crippen LogP contribution in [0, 0.1) is 0 Å². The van der Waals surface area contributed by atoms with Crippen LogP contribution in [0.1, 0.15) is 38.2 Å². The largest absolute Gasteiger partial charge is 0.481 e. The summed E-state index contributed by atoms with van der Waals surface area (Å²) in [5.41, 5.74) is 1.11. The van der Waals surface area contributed by atoms with Gasteiger partial charge in [0.15, 0.2) is 0 Å². The molecule has 0 aliphatic rings. The molecule has 0 aliphatic carbocycles. The van der Waals surface area contributed by atoms with E-state index in [0.717, 1.165) is 31.2 Å². The molecule has 0 radical (unpaired) electrons. The van der Waals surface area contributed by atoms with Crippen LogP contribution in [0.3, 0.4) is 0 Å². The van der Waals surface area contributed by atoms with Crippen molar-refractivity contribution in [3.63, 3.8) is 0 Å². The van der Waals surface area contributed by atoms with Crippen molar-refractivity contribution in [2.45, 2.75) is 50.0 Å². The van der Waals surface area contributed by atoms with E-state index in [9.17, 15) is 13.2 Å². The molecule has 7 heteroatoms. The standard InChI is InChI=1S/C18H30N2O4S/c1-5-6-7-8-15-9-11-17(12-10-15)25(23,24)19-16(13-18(21)22)14-20(2,3)4/h9-12,16,19H,5-8,13-14H2,1-4H3/p+1. The van der Waals surface area contributed by atoms with Gasteiger partial charge in [-0.15, -0.1) is 0 Å². The highest BCUT2D eigenvalue weighted by atomic mass is 32.2. The van der Waals surface area contributed by atoms with E-state index in [4.69, 9.17) is 5.11 Å². The van der Waals surface area contributed by atoms with Gasteiger partial charge < -0.3 is 9.59 Å². The molecule has 0 spiro atoms. The molecule has 2 N–H and O–H groups in total. The number of aryl methyl sites for hydroxylation is 1. The molecule has 0 bridgehead atoms. The molecule has 0 saturated carbocycles. The Labute approximate surface area is 151 Å². The number of hydrogen-bond donors (Lipinski definition) is 2. The minimum atomic E-state index is -3.74. The summed E-state index contributed by atoms with van der Waals surface area (Å²) in [6, 6.07) is 6.18. The maximum absolute atomic E-state index is 12.6. The second-order valence-corrected chi connectivity index (χ2v) is 9.20. The summed E-state index contributed by atoms with van der Waals surface area (Å²) < 4.78 is 28.2. The predicted molar refractivity (Wildman–Crippen MR) is 98.9 cm³/mol. The van der Waals surface area contributed by atoms with Crippen LogP contribution in [0.15, 0.2) is 29.2 Å². The Balaban J connectivity index is 2.84. The Morgan fingerprint density at radius 1 is 1.16 bits per heavy atom. The fourth-order valence-corrected chi connectivity index (χ4v) is 3.94. The van der Waals surface area contributed by atoms with Crippen molar-refractivity contribution in [2.24, 2.45) is 0 Å². The highest BCUT2D eigenvalue weighted by molar-refractivity contribution is 7.89. The number of aliphatic carboxylic acids is 1. The number of unbranched alkanes of at least 4 members (excludes halogenated alkanes) is 2. The molecule has 6 nitrogen and oxygen atoms in total. The molecule has 0 aliphatic heterocycles. The lowest BCUT2D eigenvalue weighted by atomic mass is 10.1. The van der Waals surface area contributed by atoms with Crippen LogP contribution in [0.25, 0.3) is 0 Å². The van der Waals surface area contributed by atoms with Gasteiger partial charge in [-0.2, -0.15) is 0 Å². The number of quaternary nitrogens is 1. The third-order valence-electron chi connectivity index (χ3n) is 3.81. The topological polar surface area (TPSA) is 83.5 Å². The first-order valence-corrected chi connectivity index (χ1v) is 10.2. The van der Waals surface area contributed by atoms with Crippen molar-refractivity contribution >= 4 is 16.0 Å².